The van der Waals surface area contributed by atoms with Crippen LogP contribution in [0.5, 0.6) is 0 Å². The van der Waals surface area contributed by atoms with Crippen molar-refractivity contribution in [3.63, 3.8) is 0 Å². The van der Waals surface area contributed by atoms with Gasteiger partial charge < -0.3 is 5.73 Å². The van der Waals surface area contributed by atoms with Crippen LogP contribution < -0.4 is 5.73 Å². The van der Waals surface area contributed by atoms with Crippen molar-refractivity contribution in [3.05, 3.63) is 6.92 Å². The van der Waals surface area contributed by atoms with Gasteiger partial charge in [-0.2, -0.15) is 11.8 Å². The maximum Gasteiger partial charge on any atom is 0.101 e. The minimum atomic E-state index is 0.230. The lowest BCUT2D eigenvalue weighted by molar-refractivity contribution is 1.43. The summed E-state index contributed by atoms with van der Waals surface area (Å²) >= 11 is 1.56. The van der Waals surface area contributed by atoms with Gasteiger partial charge in [0.25, 0.3) is 0 Å². The zero-order valence-electron chi connectivity index (χ0n) is 4.11. The Morgan fingerprint density at radius 1 is 1.86 bits per heavy atom. The molecule has 2 nitrogen and oxygen atoms in total. The minimum absolute atomic E-state index is 0.230. The van der Waals surface area contributed by atoms with Gasteiger partial charge in [-0.3, -0.25) is 5.41 Å². The molecule has 3 N–H and O–H groups in total. The topological polar surface area (TPSA) is 49.9 Å². The smallest absolute Gasteiger partial charge is 0.101 e. The first-order chi connectivity index (χ1) is 3.27. The Balaban J connectivity index is 2.82. The molecule has 0 aromatic carbocycles. The third-order valence-electron chi connectivity index (χ3n) is 0.402. The molecule has 0 aliphatic heterocycles. The van der Waals surface area contributed by atoms with Crippen LogP contribution in [0.25, 0.3) is 0 Å². The van der Waals surface area contributed by atoms with Crippen LogP contribution in [-0.2, 0) is 0 Å². The van der Waals surface area contributed by atoms with E-state index in [9.17, 15) is 0 Å². The molecule has 41 valence electrons. The van der Waals surface area contributed by atoms with Gasteiger partial charge in [-0.25, -0.2) is 0 Å². The van der Waals surface area contributed by atoms with E-state index in [0.717, 1.165) is 5.75 Å². The van der Waals surface area contributed by atoms with Gasteiger partial charge in [0, 0.05) is 0 Å². The average molecular weight is 117 g/mol. The second kappa shape index (κ2) is 3.99. The highest BCUT2D eigenvalue weighted by atomic mass is 32.2. The molecular formula is C4H9N2S. The zero-order valence-corrected chi connectivity index (χ0v) is 4.92. The van der Waals surface area contributed by atoms with Gasteiger partial charge in [-0.1, -0.05) is 0 Å². The van der Waals surface area contributed by atoms with Gasteiger partial charge in [0.15, 0.2) is 0 Å². The predicted molar refractivity (Wildman–Crippen MR) is 34.6 cm³/mol. The first-order valence-corrected chi connectivity index (χ1v) is 3.12. The number of amidine groups is 1. The molecule has 0 saturated heterocycles. The maximum atomic E-state index is 6.73. The molecule has 0 fully saturated rings. The quantitative estimate of drug-likeness (QED) is 0.417. The molecule has 0 atom stereocenters. The van der Waals surface area contributed by atoms with Gasteiger partial charge in [0.05, 0.1) is 5.75 Å². The van der Waals surface area contributed by atoms with Crippen LogP contribution in [0.1, 0.15) is 0 Å². The number of hydrogen-bond donors (Lipinski definition) is 2. The van der Waals surface area contributed by atoms with E-state index >= 15 is 0 Å². The van der Waals surface area contributed by atoms with Gasteiger partial charge in [-0.05, 0) is 12.7 Å². The fourth-order valence-corrected chi connectivity index (χ4v) is 0.546. The molecule has 0 rings (SSSR count). The third-order valence-corrected chi connectivity index (χ3v) is 1.21. The van der Waals surface area contributed by atoms with Crippen molar-refractivity contribution in [2.45, 2.75) is 0 Å². The van der Waals surface area contributed by atoms with Crippen molar-refractivity contribution < 1.29 is 0 Å². The van der Waals surface area contributed by atoms with Crippen molar-refractivity contribution >= 4 is 17.6 Å². The second-order valence-corrected chi connectivity index (χ2v) is 2.18. The monoisotopic (exact) mass is 117 g/mol. The minimum Gasteiger partial charge on any atom is -0.387 e. The Morgan fingerprint density at radius 3 is 2.57 bits per heavy atom. The van der Waals surface area contributed by atoms with E-state index in [4.69, 9.17) is 11.1 Å². The number of nitrogens with one attached hydrogen (secondary N) is 1. The number of rotatable bonds is 3. The molecule has 0 unspecified atom stereocenters. The molecule has 0 amide bonds. The molecule has 0 heterocycles. The van der Waals surface area contributed by atoms with Gasteiger partial charge in [0.1, 0.15) is 5.84 Å². The summed E-state index contributed by atoms with van der Waals surface area (Å²) in [5, 5.41) is 6.73. The van der Waals surface area contributed by atoms with Crippen LogP contribution in [0.4, 0.5) is 0 Å². The fourth-order valence-electron chi connectivity index (χ4n) is 0.182. The highest BCUT2D eigenvalue weighted by Gasteiger charge is 1.83. The SMILES string of the molecule is [CH2]CSCC(=N)N. The van der Waals surface area contributed by atoms with E-state index in [0.29, 0.717) is 5.75 Å². The lowest BCUT2D eigenvalue weighted by Crippen LogP contribution is -2.11. The standard InChI is InChI=1S/C4H9N2S/c1-2-7-3-4(5)6/h1-3H2,(H3,5,6). The van der Waals surface area contributed by atoms with Crippen molar-refractivity contribution in [1.82, 2.24) is 0 Å². The summed E-state index contributed by atoms with van der Waals surface area (Å²) in [5.41, 5.74) is 5.01. The average Bonchev–Trinajstić information content (AvgIpc) is 1.61. The van der Waals surface area contributed by atoms with Gasteiger partial charge in [0.2, 0.25) is 0 Å². The lowest BCUT2D eigenvalue weighted by atomic mass is 10.7. The Kier molecular flexibility index (Phi) is 3.89. The Bertz CT molecular complexity index is 62.7. The van der Waals surface area contributed by atoms with E-state index < -0.39 is 0 Å². The molecular weight excluding hydrogens is 108 g/mol. The Hall–Kier alpha value is -0.180. The number of nitrogens with two attached hydrogens (primary N) is 1. The summed E-state index contributed by atoms with van der Waals surface area (Å²) in [5.74, 6) is 1.64. The summed E-state index contributed by atoms with van der Waals surface area (Å²) < 4.78 is 0. The van der Waals surface area contributed by atoms with Crippen LogP contribution in [0.2, 0.25) is 0 Å². The summed E-state index contributed by atoms with van der Waals surface area (Å²) in [6.07, 6.45) is 0. The predicted octanol–water partition coefficient (Wildman–Crippen LogP) is 0.490. The summed E-state index contributed by atoms with van der Waals surface area (Å²) in [6, 6.07) is 0. The van der Waals surface area contributed by atoms with Crippen molar-refractivity contribution in [2.75, 3.05) is 11.5 Å². The van der Waals surface area contributed by atoms with Gasteiger partial charge >= 0.3 is 0 Å². The number of thioether (sulfide) groups is 1. The molecule has 0 aliphatic carbocycles. The van der Waals surface area contributed by atoms with Crippen LogP contribution in [0.15, 0.2) is 0 Å². The van der Waals surface area contributed by atoms with Crippen LogP contribution in [-0.4, -0.2) is 17.3 Å². The Labute approximate surface area is 48.0 Å². The van der Waals surface area contributed by atoms with Gasteiger partial charge in [-0.15, -0.1) is 0 Å². The molecule has 1 radical (unpaired) electrons. The summed E-state index contributed by atoms with van der Waals surface area (Å²) in [7, 11) is 0. The number of hydrogen-bond acceptors (Lipinski definition) is 2. The molecule has 0 aliphatic rings. The molecule has 3 heteroatoms. The largest absolute Gasteiger partial charge is 0.387 e. The van der Waals surface area contributed by atoms with Crippen LogP contribution >= 0.6 is 11.8 Å². The zero-order chi connectivity index (χ0) is 5.70. The lowest BCUT2D eigenvalue weighted by Gasteiger charge is -1.90. The first-order valence-electron chi connectivity index (χ1n) is 1.97. The molecule has 0 aromatic rings. The van der Waals surface area contributed by atoms with Crippen LogP contribution in [0.3, 0.4) is 0 Å². The van der Waals surface area contributed by atoms with E-state index in [1.54, 1.807) is 11.8 Å². The maximum absolute atomic E-state index is 6.73. The van der Waals surface area contributed by atoms with Crippen molar-refractivity contribution in [2.24, 2.45) is 5.73 Å². The van der Waals surface area contributed by atoms with E-state index in [-0.39, 0.29) is 5.84 Å². The molecule has 7 heavy (non-hydrogen) atoms. The van der Waals surface area contributed by atoms with Crippen molar-refractivity contribution in [3.8, 4) is 0 Å². The molecule has 0 bridgehead atoms. The second-order valence-electron chi connectivity index (χ2n) is 1.08. The van der Waals surface area contributed by atoms with E-state index in [1.165, 1.54) is 0 Å². The van der Waals surface area contributed by atoms with E-state index in [2.05, 4.69) is 6.92 Å². The normalized spacial score (nSPS) is 8.71. The molecule has 0 aromatic heterocycles. The fraction of sp³-hybridized carbons (Fsp3) is 0.500. The summed E-state index contributed by atoms with van der Waals surface area (Å²) in [6.45, 7) is 3.57. The highest BCUT2D eigenvalue weighted by molar-refractivity contribution is 8.00. The molecule has 0 spiro atoms. The molecule has 0 saturated carbocycles. The highest BCUT2D eigenvalue weighted by Crippen LogP contribution is 1.94. The Morgan fingerprint density at radius 2 is 2.43 bits per heavy atom. The summed E-state index contributed by atoms with van der Waals surface area (Å²) in [4.78, 5) is 0. The van der Waals surface area contributed by atoms with Crippen molar-refractivity contribution in [1.29, 1.82) is 5.41 Å². The third kappa shape index (κ3) is 5.82. The van der Waals surface area contributed by atoms with E-state index in [1.807, 2.05) is 0 Å². The first kappa shape index (κ1) is 6.82. The van der Waals surface area contributed by atoms with Crippen LogP contribution in [0, 0.1) is 12.3 Å².